The summed E-state index contributed by atoms with van der Waals surface area (Å²) in [5.74, 6) is 0.698. The molecule has 0 amide bonds. The molecule has 0 unspecified atom stereocenters. The first kappa shape index (κ1) is 17.0. The molecule has 1 atom stereocenters. The highest BCUT2D eigenvalue weighted by atomic mass is 32.1. The first-order valence-corrected chi connectivity index (χ1v) is 9.62. The number of hydrogen-bond donors (Lipinski definition) is 2. The molecule has 1 heterocycles. The zero-order chi connectivity index (χ0) is 18.3. The van der Waals surface area contributed by atoms with Gasteiger partial charge < -0.3 is 16.2 Å². The fraction of sp³-hybridized carbons (Fsp3) is 0.300. The molecular weight excluding hydrogens is 344 g/mol. The minimum absolute atomic E-state index is 0.0860. The van der Waals surface area contributed by atoms with Crippen LogP contribution in [0.5, 0.6) is 5.75 Å². The van der Waals surface area contributed by atoms with E-state index in [1.807, 2.05) is 32.0 Å². The zero-order valence-corrected chi connectivity index (χ0v) is 15.7. The van der Waals surface area contributed by atoms with E-state index >= 15 is 0 Å². The van der Waals surface area contributed by atoms with Gasteiger partial charge in [-0.05, 0) is 56.0 Å². The molecule has 4 N–H and O–H groups in total. The van der Waals surface area contributed by atoms with Crippen molar-refractivity contribution in [1.29, 1.82) is 0 Å². The van der Waals surface area contributed by atoms with Crippen LogP contribution in [0.3, 0.4) is 0 Å². The minimum Gasteiger partial charge on any atom is -0.489 e. The molecule has 0 fully saturated rings. The monoisotopic (exact) mass is 366 g/mol. The fourth-order valence-electron chi connectivity index (χ4n) is 3.38. The number of aromatic nitrogens is 2. The van der Waals surface area contributed by atoms with Gasteiger partial charge in [-0.3, -0.25) is 0 Å². The van der Waals surface area contributed by atoms with Crippen LogP contribution < -0.4 is 16.2 Å². The normalized spacial score (nSPS) is 16.1. The molecule has 0 aliphatic heterocycles. The number of hydrogen-bond acceptors (Lipinski definition) is 6. The van der Waals surface area contributed by atoms with Gasteiger partial charge in [-0.25, -0.2) is 0 Å². The molecule has 4 rings (SSSR count). The third kappa shape index (κ3) is 3.06. The molecule has 0 saturated heterocycles. The van der Waals surface area contributed by atoms with E-state index in [9.17, 15) is 0 Å². The van der Waals surface area contributed by atoms with Crippen LogP contribution in [0.4, 0.5) is 5.69 Å². The van der Waals surface area contributed by atoms with Crippen molar-refractivity contribution in [3.8, 4) is 26.9 Å². The molecule has 0 bridgehead atoms. The Kier molecular flexibility index (Phi) is 4.38. The van der Waals surface area contributed by atoms with Crippen molar-refractivity contribution >= 4 is 17.0 Å². The second-order valence-electron chi connectivity index (χ2n) is 6.85. The van der Waals surface area contributed by atoms with E-state index in [-0.39, 0.29) is 12.1 Å². The van der Waals surface area contributed by atoms with Gasteiger partial charge in [0.15, 0.2) is 0 Å². The summed E-state index contributed by atoms with van der Waals surface area (Å²) in [6.07, 6.45) is 2.07. The summed E-state index contributed by atoms with van der Waals surface area (Å²) in [7, 11) is 0. The molecule has 134 valence electrons. The molecule has 6 heteroatoms. The number of fused-ring (bicyclic) bond motifs is 1. The Balaban J connectivity index is 1.67. The number of anilines is 1. The quantitative estimate of drug-likeness (QED) is 0.676. The van der Waals surface area contributed by atoms with Crippen LogP contribution in [0.1, 0.15) is 37.4 Å². The van der Waals surface area contributed by atoms with Crippen LogP contribution in [-0.4, -0.2) is 16.3 Å². The molecular formula is C20H22N4OS. The number of ether oxygens (including phenoxy) is 1. The van der Waals surface area contributed by atoms with Crippen molar-refractivity contribution in [3.05, 3.63) is 47.5 Å². The number of nitrogens with two attached hydrogens (primary N) is 2. The summed E-state index contributed by atoms with van der Waals surface area (Å²) in [6.45, 7) is 3.96. The molecule has 3 aromatic rings. The van der Waals surface area contributed by atoms with Crippen LogP contribution in [-0.2, 0) is 6.42 Å². The van der Waals surface area contributed by atoms with Crippen LogP contribution in [0.2, 0.25) is 0 Å². The lowest BCUT2D eigenvalue weighted by atomic mass is 10.0. The Bertz CT molecular complexity index is 951. The van der Waals surface area contributed by atoms with Crippen molar-refractivity contribution in [2.45, 2.75) is 38.8 Å². The number of benzene rings is 2. The van der Waals surface area contributed by atoms with E-state index in [4.69, 9.17) is 16.2 Å². The molecule has 0 spiro atoms. The van der Waals surface area contributed by atoms with Gasteiger partial charge in [-0.15, -0.1) is 10.2 Å². The van der Waals surface area contributed by atoms with Gasteiger partial charge in [0.05, 0.1) is 11.8 Å². The maximum absolute atomic E-state index is 6.20. The minimum atomic E-state index is 0.0860. The summed E-state index contributed by atoms with van der Waals surface area (Å²) in [5.41, 5.74) is 17.6. The van der Waals surface area contributed by atoms with Gasteiger partial charge >= 0.3 is 0 Å². The Hall–Kier alpha value is -2.44. The molecule has 0 saturated carbocycles. The smallest absolute Gasteiger partial charge is 0.148 e. The highest BCUT2D eigenvalue weighted by molar-refractivity contribution is 7.17. The standard InChI is InChI=1S/C20H22N4OS/c1-11(2)25-18-9-6-12(10-17(18)22)19-23-24-20(26-19)15-5-3-4-14-13(15)7-8-16(14)21/h3-6,9-11,16H,7-8,21-22H2,1-2H3/t16-/m0/s1. The first-order chi connectivity index (χ1) is 12.5. The Morgan fingerprint density at radius 1 is 1.15 bits per heavy atom. The average molecular weight is 366 g/mol. The van der Waals surface area contributed by atoms with E-state index < -0.39 is 0 Å². The molecule has 1 aliphatic carbocycles. The molecule has 1 aliphatic rings. The van der Waals surface area contributed by atoms with Crippen molar-refractivity contribution < 1.29 is 4.74 Å². The summed E-state index contributed by atoms with van der Waals surface area (Å²) in [4.78, 5) is 0. The van der Waals surface area contributed by atoms with E-state index in [0.717, 1.165) is 34.0 Å². The summed E-state index contributed by atoms with van der Waals surface area (Å²) >= 11 is 1.58. The molecule has 2 aromatic carbocycles. The summed E-state index contributed by atoms with van der Waals surface area (Å²) in [5, 5.41) is 10.6. The van der Waals surface area contributed by atoms with E-state index in [1.165, 1.54) is 11.1 Å². The zero-order valence-electron chi connectivity index (χ0n) is 14.9. The Morgan fingerprint density at radius 3 is 2.73 bits per heavy atom. The average Bonchev–Trinajstić information content (AvgIpc) is 3.24. The number of rotatable bonds is 4. The van der Waals surface area contributed by atoms with E-state index in [1.54, 1.807) is 11.3 Å². The first-order valence-electron chi connectivity index (χ1n) is 8.80. The van der Waals surface area contributed by atoms with Crippen LogP contribution in [0, 0.1) is 0 Å². The summed E-state index contributed by atoms with van der Waals surface area (Å²) < 4.78 is 5.70. The predicted octanol–water partition coefficient (Wildman–Crippen LogP) is 4.19. The molecule has 0 radical (unpaired) electrons. The van der Waals surface area contributed by atoms with Gasteiger partial charge in [0.25, 0.3) is 0 Å². The third-order valence-corrected chi connectivity index (χ3v) is 5.60. The van der Waals surface area contributed by atoms with Crippen LogP contribution in [0.15, 0.2) is 36.4 Å². The van der Waals surface area contributed by atoms with Crippen molar-refractivity contribution in [3.63, 3.8) is 0 Å². The lowest BCUT2D eigenvalue weighted by Crippen LogP contribution is -2.07. The van der Waals surface area contributed by atoms with Crippen molar-refractivity contribution in [2.24, 2.45) is 5.73 Å². The van der Waals surface area contributed by atoms with Gasteiger partial charge in [0, 0.05) is 17.2 Å². The second-order valence-corrected chi connectivity index (χ2v) is 7.83. The van der Waals surface area contributed by atoms with E-state index in [0.29, 0.717) is 11.4 Å². The highest BCUT2D eigenvalue weighted by Gasteiger charge is 2.23. The number of nitrogens with zero attached hydrogens (tertiary/aromatic N) is 2. The van der Waals surface area contributed by atoms with Crippen LogP contribution in [0.25, 0.3) is 21.1 Å². The Morgan fingerprint density at radius 2 is 1.96 bits per heavy atom. The van der Waals surface area contributed by atoms with Gasteiger partial charge in [0.2, 0.25) is 0 Å². The SMILES string of the molecule is CC(C)Oc1ccc(-c2nnc(-c3cccc4c3CC[C@@H]4N)s2)cc1N. The maximum atomic E-state index is 6.20. The van der Waals surface area contributed by atoms with E-state index in [2.05, 4.69) is 28.4 Å². The fourth-order valence-corrected chi connectivity index (χ4v) is 4.27. The summed E-state index contributed by atoms with van der Waals surface area (Å²) in [6, 6.07) is 12.2. The molecule has 26 heavy (non-hydrogen) atoms. The van der Waals surface area contributed by atoms with Crippen molar-refractivity contribution in [2.75, 3.05) is 5.73 Å². The van der Waals surface area contributed by atoms with Crippen molar-refractivity contribution in [1.82, 2.24) is 10.2 Å². The third-order valence-electron chi connectivity index (χ3n) is 4.59. The maximum Gasteiger partial charge on any atom is 0.148 e. The predicted molar refractivity (Wildman–Crippen MR) is 106 cm³/mol. The largest absolute Gasteiger partial charge is 0.489 e. The van der Waals surface area contributed by atoms with Gasteiger partial charge in [-0.1, -0.05) is 29.5 Å². The topological polar surface area (TPSA) is 87.0 Å². The lowest BCUT2D eigenvalue weighted by molar-refractivity contribution is 0.244. The molecule has 1 aromatic heterocycles. The van der Waals surface area contributed by atoms with Gasteiger partial charge in [0.1, 0.15) is 15.8 Å². The molecule has 5 nitrogen and oxygen atoms in total. The lowest BCUT2D eigenvalue weighted by Gasteiger charge is -2.12. The highest BCUT2D eigenvalue weighted by Crippen LogP contribution is 2.39. The Labute approximate surface area is 157 Å². The number of nitrogen functional groups attached to an aromatic ring is 1. The van der Waals surface area contributed by atoms with Crippen LogP contribution >= 0.6 is 11.3 Å². The van der Waals surface area contributed by atoms with Gasteiger partial charge in [-0.2, -0.15) is 0 Å². The second kappa shape index (κ2) is 6.70.